The van der Waals surface area contributed by atoms with E-state index in [0.29, 0.717) is 13.0 Å². The Balaban J connectivity index is 2.69. The summed E-state index contributed by atoms with van der Waals surface area (Å²) in [6.45, 7) is -0.292. The van der Waals surface area contributed by atoms with Crippen molar-refractivity contribution >= 4 is 0 Å². The van der Waals surface area contributed by atoms with Crippen LogP contribution in [0.25, 0.3) is 0 Å². The van der Waals surface area contributed by atoms with Crippen LogP contribution in [0, 0.1) is 0 Å². The highest BCUT2D eigenvalue weighted by molar-refractivity contribution is 5.29. The fourth-order valence-electron chi connectivity index (χ4n) is 2.03. The molecule has 2 atom stereocenters. The lowest BCUT2D eigenvalue weighted by Gasteiger charge is -2.24. The minimum absolute atomic E-state index is 0.0768. The van der Waals surface area contributed by atoms with Crippen LogP contribution in [0.15, 0.2) is 24.3 Å². The fraction of sp³-hybridized carbons (Fsp3) is 0.571. The van der Waals surface area contributed by atoms with Crippen molar-refractivity contribution in [2.45, 2.75) is 38.5 Å². The van der Waals surface area contributed by atoms with Gasteiger partial charge in [0.05, 0.1) is 0 Å². The zero-order valence-electron chi connectivity index (χ0n) is 11.6. The van der Waals surface area contributed by atoms with Gasteiger partial charge in [0.2, 0.25) is 0 Å². The number of nitrogens with two attached hydrogens (primary N) is 1. The first-order chi connectivity index (χ1) is 9.60. The number of aliphatic hydroxyl groups excluding tert-OH is 1. The van der Waals surface area contributed by atoms with Crippen molar-refractivity contribution in [1.82, 2.24) is 5.32 Å². The van der Waals surface area contributed by atoms with Crippen LogP contribution in [0.5, 0.6) is 5.75 Å². The van der Waals surface area contributed by atoms with E-state index in [1.807, 2.05) is 6.92 Å². The summed E-state index contributed by atoms with van der Waals surface area (Å²) in [5, 5.41) is 12.3. The van der Waals surface area contributed by atoms with Gasteiger partial charge in [-0.15, -0.1) is 0 Å². The first-order valence-corrected chi connectivity index (χ1v) is 6.72. The maximum absolute atomic E-state index is 12.1. The standard InChI is InChI=1S/C14H22F2N2O2/c1-2-11(7-8-19)18-13(9-17)10-3-5-12(6-4-10)20-14(15)16/h3-6,11,13-14,18-19H,2,7-9,17H2,1H3. The van der Waals surface area contributed by atoms with Gasteiger partial charge in [-0.2, -0.15) is 8.78 Å². The Morgan fingerprint density at radius 3 is 2.40 bits per heavy atom. The van der Waals surface area contributed by atoms with Crippen LogP contribution in [-0.4, -0.2) is 30.9 Å². The third-order valence-electron chi connectivity index (χ3n) is 3.15. The summed E-state index contributed by atoms with van der Waals surface area (Å²) in [5.41, 5.74) is 6.65. The zero-order chi connectivity index (χ0) is 15.0. The van der Waals surface area contributed by atoms with E-state index in [0.717, 1.165) is 12.0 Å². The minimum Gasteiger partial charge on any atom is -0.435 e. The molecule has 1 aromatic rings. The van der Waals surface area contributed by atoms with E-state index in [1.165, 1.54) is 12.1 Å². The maximum atomic E-state index is 12.1. The molecule has 0 aliphatic heterocycles. The molecular weight excluding hydrogens is 266 g/mol. The van der Waals surface area contributed by atoms with Gasteiger partial charge in [-0.1, -0.05) is 19.1 Å². The van der Waals surface area contributed by atoms with Crippen LogP contribution in [0.2, 0.25) is 0 Å². The van der Waals surface area contributed by atoms with Crippen molar-refractivity contribution in [2.24, 2.45) is 5.73 Å². The van der Waals surface area contributed by atoms with Crippen molar-refractivity contribution in [2.75, 3.05) is 13.2 Å². The van der Waals surface area contributed by atoms with Gasteiger partial charge in [-0.25, -0.2) is 0 Å². The SMILES string of the molecule is CCC(CCO)NC(CN)c1ccc(OC(F)F)cc1. The number of nitrogens with one attached hydrogen (secondary N) is 1. The lowest BCUT2D eigenvalue weighted by molar-refractivity contribution is -0.0498. The molecule has 0 saturated carbocycles. The summed E-state index contributed by atoms with van der Waals surface area (Å²) in [6, 6.07) is 6.53. The molecule has 6 heteroatoms. The van der Waals surface area contributed by atoms with Crippen molar-refractivity contribution in [3.63, 3.8) is 0 Å². The average Bonchev–Trinajstić information content (AvgIpc) is 2.44. The first kappa shape index (κ1) is 16.8. The number of benzene rings is 1. The van der Waals surface area contributed by atoms with Crippen LogP contribution in [-0.2, 0) is 0 Å². The summed E-state index contributed by atoms with van der Waals surface area (Å²) < 4.78 is 28.4. The average molecular weight is 288 g/mol. The molecule has 1 aromatic carbocycles. The van der Waals surface area contributed by atoms with Crippen molar-refractivity contribution < 1.29 is 18.6 Å². The lowest BCUT2D eigenvalue weighted by Crippen LogP contribution is -2.37. The van der Waals surface area contributed by atoms with E-state index < -0.39 is 6.61 Å². The Morgan fingerprint density at radius 1 is 1.30 bits per heavy atom. The molecule has 0 aromatic heterocycles. The topological polar surface area (TPSA) is 67.5 Å². The Bertz CT molecular complexity index is 374. The van der Waals surface area contributed by atoms with Gasteiger partial charge in [0.25, 0.3) is 0 Å². The van der Waals surface area contributed by atoms with E-state index in [9.17, 15) is 8.78 Å². The van der Waals surface area contributed by atoms with Crippen molar-refractivity contribution in [1.29, 1.82) is 0 Å². The highest BCUT2D eigenvalue weighted by Crippen LogP contribution is 2.20. The number of hydrogen-bond donors (Lipinski definition) is 3. The molecule has 20 heavy (non-hydrogen) atoms. The van der Waals surface area contributed by atoms with E-state index >= 15 is 0 Å². The molecule has 114 valence electrons. The fourth-order valence-corrected chi connectivity index (χ4v) is 2.03. The summed E-state index contributed by atoms with van der Waals surface area (Å²) in [4.78, 5) is 0. The molecule has 0 aliphatic rings. The summed E-state index contributed by atoms with van der Waals surface area (Å²) in [5.74, 6) is 0.127. The predicted molar refractivity (Wildman–Crippen MR) is 73.8 cm³/mol. The summed E-state index contributed by atoms with van der Waals surface area (Å²) >= 11 is 0. The molecule has 0 amide bonds. The van der Waals surface area contributed by atoms with Gasteiger partial charge in [0.1, 0.15) is 5.75 Å². The van der Waals surface area contributed by atoms with Crippen LogP contribution in [0.4, 0.5) is 8.78 Å². The van der Waals surface area contributed by atoms with Crippen molar-refractivity contribution in [3.05, 3.63) is 29.8 Å². The molecule has 0 aliphatic carbocycles. The molecule has 1 rings (SSSR count). The minimum atomic E-state index is -2.82. The van der Waals surface area contributed by atoms with Crippen LogP contribution in [0.3, 0.4) is 0 Å². The number of hydrogen-bond acceptors (Lipinski definition) is 4. The third kappa shape index (κ3) is 5.40. The highest BCUT2D eigenvalue weighted by Gasteiger charge is 2.14. The molecular formula is C14H22F2N2O2. The molecule has 2 unspecified atom stereocenters. The molecule has 0 bridgehead atoms. The van der Waals surface area contributed by atoms with Crippen LogP contribution in [0.1, 0.15) is 31.4 Å². The van der Waals surface area contributed by atoms with Gasteiger partial charge >= 0.3 is 6.61 Å². The van der Waals surface area contributed by atoms with E-state index in [4.69, 9.17) is 10.8 Å². The summed E-state index contributed by atoms with van der Waals surface area (Å²) in [7, 11) is 0. The lowest BCUT2D eigenvalue weighted by atomic mass is 10.0. The van der Waals surface area contributed by atoms with Gasteiger partial charge < -0.3 is 20.9 Å². The maximum Gasteiger partial charge on any atom is 0.387 e. The second-order valence-corrected chi connectivity index (χ2v) is 4.52. The molecule has 4 N–H and O–H groups in total. The van der Waals surface area contributed by atoms with E-state index in [-0.39, 0.29) is 24.4 Å². The summed E-state index contributed by atoms with van der Waals surface area (Å²) in [6.07, 6.45) is 1.53. The zero-order valence-corrected chi connectivity index (χ0v) is 11.6. The van der Waals surface area contributed by atoms with Crippen LogP contribution >= 0.6 is 0 Å². The first-order valence-electron chi connectivity index (χ1n) is 6.72. The van der Waals surface area contributed by atoms with E-state index in [2.05, 4.69) is 10.1 Å². The second-order valence-electron chi connectivity index (χ2n) is 4.52. The Labute approximate surface area is 117 Å². The smallest absolute Gasteiger partial charge is 0.387 e. The Hall–Kier alpha value is -1.24. The third-order valence-corrected chi connectivity index (χ3v) is 3.15. The predicted octanol–water partition coefficient (Wildman–Crippen LogP) is 2.04. The normalized spacial score (nSPS) is 14.3. The number of halogens is 2. The number of aliphatic hydroxyl groups is 1. The quantitative estimate of drug-likeness (QED) is 0.650. The highest BCUT2D eigenvalue weighted by atomic mass is 19.3. The Morgan fingerprint density at radius 2 is 1.95 bits per heavy atom. The van der Waals surface area contributed by atoms with Gasteiger partial charge in [0, 0.05) is 25.2 Å². The molecule has 0 saturated heterocycles. The van der Waals surface area contributed by atoms with Crippen LogP contribution < -0.4 is 15.8 Å². The van der Waals surface area contributed by atoms with Gasteiger partial charge in [0.15, 0.2) is 0 Å². The second kappa shape index (κ2) is 8.84. The van der Waals surface area contributed by atoms with E-state index in [1.54, 1.807) is 12.1 Å². The van der Waals surface area contributed by atoms with Crippen molar-refractivity contribution in [3.8, 4) is 5.75 Å². The molecule has 0 radical (unpaired) electrons. The number of ether oxygens (including phenoxy) is 1. The molecule has 0 spiro atoms. The number of rotatable bonds is 9. The molecule has 0 fully saturated rings. The molecule has 0 heterocycles. The van der Waals surface area contributed by atoms with Gasteiger partial charge in [-0.05, 0) is 30.5 Å². The molecule has 4 nitrogen and oxygen atoms in total. The Kier molecular flexibility index (Phi) is 7.43. The van der Waals surface area contributed by atoms with Gasteiger partial charge in [-0.3, -0.25) is 0 Å². The number of alkyl halides is 2. The monoisotopic (exact) mass is 288 g/mol. The largest absolute Gasteiger partial charge is 0.435 e.